The molecular formula is C18H21ClF4N2O4. The number of nitrogens with zero attached hydrogens (tertiary/aromatic N) is 1. The Bertz CT molecular complexity index is 747. The molecule has 1 aromatic carbocycles. The molecule has 162 valence electrons. The number of alkyl halides is 3. The molecule has 2 fully saturated rings. The van der Waals surface area contributed by atoms with E-state index in [1.807, 2.05) is 6.07 Å². The Labute approximate surface area is 169 Å². The summed E-state index contributed by atoms with van der Waals surface area (Å²) in [5, 5.41) is 9.92. The van der Waals surface area contributed by atoms with Gasteiger partial charge in [0, 0.05) is 26.2 Å². The minimum atomic E-state index is -5.08. The van der Waals surface area contributed by atoms with Gasteiger partial charge >= 0.3 is 12.1 Å². The van der Waals surface area contributed by atoms with Crippen LogP contribution in [0.4, 0.5) is 17.6 Å². The molecule has 2 heterocycles. The summed E-state index contributed by atoms with van der Waals surface area (Å²) in [6.45, 7) is 1.59. The number of rotatable bonds is 3. The van der Waals surface area contributed by atoms with E-state index in [-0.39, 0.29) is 29.0 Å². The number of amides is 1. The lowest BCUT2D eigenvalue weighted by Gasteiger charge is -2.35. The molecule has 0 aliphatic carbocycles. The van der Waals surface area contributed by atoms with Crippen molar-refractivity contribution >= 4 is 23.5 Å². The second kappa shape index (κ2) is 9.73. The highest BCUT2D eigenvalue weighted by atomic mass is 35.5. The molecule has 1 aromatic rings. The van der Waals surface area contributed by atoms with Crippen molar-refractivity contribution in [2.24, 2.45) is 0 Å². The van der Waals surface area contributed by atoms with Crippen LogP contribution in [0.25, 0.3) is 0 Å². The highest BCUT2D eigenvalue weighted by Crippen LogP contribution is 2.32. The Balaban J connectivity index is 0.000000370. The van der Waals surface area contributed by atoms with Gasteiger partial charge in [0.15, 0.2) is 0 Å². The van der Waals surface area contributed by atoms with Gasteiger partial charge in [0.25, 0.3) is 0 Å². The van der Waals surface area contributed by atoms with Gasteiger partial charge in [-0.15, -0.1) is 0 Å². The number of likely N-dealkylation sites (N-methyl/N-ethyl adjacent to an activating group) is 1. The van der Waals surface area contributed by atoms with Crippen LogP contribution in [0.3, 0.4) is 0 Å². The number of carboxylic acids is 1. The third-order valence-electron chi connectivity index (χ3n) is 4.81. The molecule has 2 aliphatic rings. The first-order valence-corrected chi connectivity index (χ1v) is 9.26. The number of hydrogen-bond donors (Lipinski definition) is 2. The number of aliphatic carboxylic acids is 1. The lowest BCUT2D eigenvalue weighted by Crippen LogP contribution is -2.47. The molecule has 0 unspecified atom stereocenters. The molecule has 11 heteroatoms. The van der Waals surface area contributed by atoms with Gasteiger partial charge in [-0.25, -0.2) is 9.18 Å². The van der Waals surface area contributed by atoms with E-state index >= 15 is 0 Å². The smallest absolute Gasteiger partial charge is 0.475 e. The summed E-state index contributed by atoms with van der Waals surface area (Å²) >= 11 is 5.72. The number of fused-ring (bicyclic) bond motifs is 1. The first-order chi connectivity index (χ1) is 13.5. The van der Waals surface area contributed by atoms with Gasteiger partial charge < -0.3 is 15.2 Å². The maximum Gasteiger partial charge on any atom is 0.490 e. The van der Waals surface area contributed by atoms with E-state index in [0.29, 0.717) is 12.6 Å². The third-order valence-corrected chi connectivity index (χ3v) is 5.12. The zero-order chi connectivity index (χ0) is 21.8. The summed E-state index contributed by atoms with van der Waals surface area (Å²) in [5.74, 6) is -3.18. The molecule has 0 saturated carbocycles. The van der Waals surface area contributed by atoms with Gasteiger partial charge in [0.05, 0.1) is 11.1 Å². The summed E-state index contributed by atoms with van der Waals surface area (Å²) in [6, 6.07) is 5.25. The van der Waals surface area contributed by atoms with E-state index in [1.165, 1.54) is 6.07 Å². The second-order valence-electron chi connectivity index (χ2n) is 6.73. The van der Waals surface area contributed by atoms with E-state index in [1.54, 1.807) is 13.1 Å². The number of nitrogens with one attached hydrogen (secondary N) is 1. The third kappa shape index (κ3) is 6.28. The number of hydrogen-bond acceptors (Lipinski definition) is 4. The van der Waals surface area contributed by atoms with Crippen molar-refractivity contribution in [1.82, 2.24) is 10.2 Å². The first-order valence-electron chi connectivity index (χ1n) is 8.88. The maximum atomic E-state index is 13.5. The lowest BCUT2D eigenvalue weighted by molar-refractivity contribution is -0.192. The number of likely N-dealkylation sites (tertiary alicyclic amines) is 1. The van der Waals surface area contributed by atoms with Crippen molar-refractivity contribution in [3.8, 4) is 0 Å². The summed E-state index contributed by atoms with van der Waals surface area (Å²) < 4.78 is 51.2. The predicted octanol–water partition coefficient (Wildman–Crippen LogP) is 2.98. The normalized spacial score (nSPS) is 24.3. The van der Waals surface area contributed by atoms with Crippen LogP contribution in [-0.2, 0) is 20.9 Å². The number of ether oxygens (including phenoxy) is 1. The number of carboxylic acid groups (broad SMARTS) is 1. The maximum absolute atomic E-state index is 13.5. The topological polar surface area (TPSA) is 78.9 Å². The molecular weight excluding hydrogens is 420 g/mol. The van der Waals surface area contributed by atoms with Crippen molar-refractivity contribution in [2.45, 2.75) is 50.2 Å². The van der Waals surface area contributed by atoms with Crippen LogP contribution in [0.5, 0.6) is 0 Å². The van der Waals surface area contributed by atoms with Crippen molar-refractivity contribution in [3.63, 3.8) is 0 Å². The molecule has 0 aromatic heterocycles. The number of carbonyl (C=O) groups is 2. The summed E-state index contributed by atoms with van der Waals surface area (Å²) in [4.78, 5) is 22.9. The van der Waals surface area contributed by atoms with E-state index < -0.39 is 12.1 Å². The van der Waals surface area contributed by atoms with Gasteiger partial charge in [-0.3, -0.25) is 9.69 Å². The second-order valence-corrected chi connectivity index (χ2v) is 7.14. The van der Waals surface area contributed by atoms with Crippen molar-refractivity contribution in [2.75, 3.05) is 13.6 Å². The van der Waals surface area contributed by atoms with Gasteiger partial charge in [0.1, 0.15) is 11.9 Å². The van der Waals surface area contributed by atoms with Crippen LogP contribution in [0.2, 0.25) is 5.02 Å². The minimum absolute atomic E-state index is 0.0447. The van der Waals surface area contributed by atoms with Gasteiger partial charge in [-0.1, -0.05) is 17.7 Å². The molecule has 1 amide bonds. The molecule has 0 radical (unpaired) electrons. The monoisotopic (exact) mass is 440 g/mol. The van der Waals surface area contributed by atoms with Gasteiger partial charge in [-0.05, 0) is 37.0 Å². The van der Waals surface area contributed by atoms with Gasteiger partial charge in [-0.2, -0.15) is 13.2 Å². The Hall–Kier alpha value is -1.91. The standard InChI is InChI=1S/C16H20ClFN2O2.C2HF3O2/c1-19-16(21)15-5-4-13-14(22-15)6-7-20(13)9-10-2-3-11(17)12(18)8-10;3-2(4,5)1(6)7/h2-3,8,13-15H,4-7,9H2,1H3,(H,19,21);(H,6,7)/t13-,14-,15+;/m1./s1. The zero-order valence-corrected chi connectivity index (χ0v) is 16.3. The summed E-state index contributed by atoms with van der Waals surface area (Å²) in [5.41, 5.74) is 0.913. The van der Waals surface area contributed by atoms with Crippen LogP contribution in [-0.4, -0.2) is 59.9 Å². The Morgan fingerprint density at radius 1 is 1.31 bits per heavy atom. The van der Waals surface area contributed by atoms with Crippen LogP contribution in [0, 0.1) is 5.82 Å². The molecule has 0 bridgehead atoms. The molecule has 3 rings (SSSR count). The molecule has 2 aliphatic heterocycles. The zero-order valence-electron chi connectivity index (χ0n) is 15.5. The number of halogens is 5. The van der Waals surface area contributed by atoms with E-state index in [4.69, 9.17) is 26.2 Å². The molecule has 29 heavy (non-hydrogen) atoms. The highest BCUT2D eigenvalue weighted by molar-refractivity contribution is 6.30. The molecule has 3 atom stereocenters. The van der Waals surface area contributed by atoms with Crippen molar-refractivity contribution in [1.29, 1.82) is 0 Å². The van der Waals surface area contributed by atoms with Crippen LogP contribution >= 0.6 is 11.6 Å². The van der Waals surface area contributed by atoms with Crippen LogP contribution in [0.15, 0.2) is 18.2 Å². The quantitative estimate of drug-likeness (QED) is 0.706. The summed E-state index contributed by atoms with van der Waals surface area (Å²) in [7, 11) is 1.63. The fraction of sp³-hybridized carbons (Fsp3) is 0.556. The van der Waals surface area contributed by atoms with E-state index in [9.17, 15) is 22.4 Å². The molecule has 2 N–H and O–H groups in total. The van der Waals surface area contributed by atoms with Crippen molar-refractivity contribution < 1.29 is 37.0 Å². The summed E-state index contributed by atoms with van der Waals surface area (Å²) in [6.07, 6.45) is -2.76. The molecule has 6 nitrogen and oxygen atoms in total. The molecule has 0 spiro atoms. The Kier molecular flexibility index (Phi) is 7.84. The SMILES string of the molecule is CNC(=O)[C@@H]1CC[C@@H]2[C@@H](CCN2Cc2ccc(Cl)c(F)c2)O1.O=C(O)C(F)(F)F. The Morgan fingerprint density at radius 2 is 1.97 bits per heavy atom. The van der Waals surface area contributed by atoms with Gasteiger partial charge in [0.2, 0.25) is 5.91 Å². The fourth-order valence-corrected chi connectivity index (χ4v) is 3.56. The van der Waals surface area contributed by atoms with Crippen molar-refractivity contribution in [3.05, 3.63) is 34.6 Å². The fourth-order valence-electron chi connectivity index (χ4n) is 3.44. The average molecular weight is 441 g/mol. The van der Waals surface area contributed by atoms with E-state index in [0.717, 1.165) is 31.4 Å². The average Bonchev–Trinajstić information content (AvgIpc) is 3.06. The Morgan fingerprint density at radius 3 is 2.52 bits per heavy atom. The number of benzene rings is 1. The van der Waals surface area contributed by atoms with Crippen LogP contribution < -0.4 is 5.32 Å². The lowest BCUT2D eigenvalue weighted by atomic mass is 9.98. The first kappa shape index (κ1) is 23.4. The predicted molar refractivity (Wildman–Crippen MR) is 95.9 cm³/mol. The van der Waals surface area contributed by atoms with E-state index in [2.05, 4.69) is 10.2 Å². The number of carbonyl (C=O) groups excluding carboxylic acids is 1. The highest BCUT2D eigenvalue weighted by Gasteiger charge is 2.41. The largest absolute Gasteiger partial charge is 0.490 e. The molecule has 2 saturated heterocycles. The minimum Gasteiger partial charge on any atom is -0.475 e. The van der Waals surface area contributed by atoms with Crippen LogP contribution in [0.1, 0.15) is 24.8 Å².